The van der Waals surface area contributed by atoms with E-state index in [-0.39, 0.29) is 25.1 Å². The number of aliphatic hydroxyl groups is 1. The van der Waals surface area contributed by atoms with Gasteiger partial charge in [0.25, 0.3) is 0 Å². The van der Waals surface area contributed by atoms with Crippen LogP contribution in [0.5, 0.6) is 5.75 Å². The molecule has 0 saturated heterocycles. The number of ether oxygens (including phenoxy) is 1. The molecular weight excluding hydrogens is 484 g/mol. The second-order valence-corrected chi connectivity index (χ2v) is 7.97. The summed E-state index contributed by atoms with van der Waals surface area (Å²) in [5.74, 6) is -0.134. The molecule has 190 valence electrons. The van der Waals surface area contributed by atoms with Gasteiger partial charge < -0.3 is 9.84 Å². The summed E-state index contributed by atoms with van der Waals surface area (Å²) in [4.78, 5) is 44.2. The molecule has 0 unspecified atom stereocenters. The van der Waals surface area contributed by atoms with E-state index in [9.17, 15) is 14.4 Å². The molecule has 0 aliphatic heterocycles. The Balaban J connectivity index is 1.56. The van der Waals surface area contributed by atoms with E-state index in [4.69, 9.17) is 14.7 Å². The molecule has 4 aromatic carbocycles. The average Bonchev–Trinajstić information content (AvgIpc) is 2.98. The van der Waals surface area contributed by atoms with Crippen molar-refractivity contribution >= 4 is 35.2 Å². The van der Waals surface area contributed by atoms with Gasteiger partial charge in [0.15, 0.2) is 12.0 Å². The van der Waals surface area contributed by atoms with Crippen LogP contribution in [0, 0.1) is 0 Å². The number of aldehydes is 1. The molecule has 0 atom stereocenters. The van der Waals surface area contributed by atoms with E-state index in [1.165, 1.54) is 4.90 Å². The van der Waals surface area contributed by atoms with E-state index < -0.39 is 17.6 Å². The lowest BCUT2D eigenvalue weighted by molar-refractivity contribution is -0.102. The molecule has 0 bridgehead atoms. The summed E-state index contributed by atoms with van der Waals surface area (Å²) in [5.41, 5.74) is 2.15. The SMILES string of the molecule is O=C/C(=N\OC(=O)N(c1ccccc1)c1ccccc1)C(=O)c1cccc(-c2cccc(OCCO)c2)c1. The van der Waals surface area contributed by atoms with Gasteiger partial charge >= 0.3 is 6.09 Å². The van der Waals surface area contributed by atoms with E-state index in [1.54, 1.807) is 91.0 Å². The van der Waals surface area contributed by atoms with Crippen molar-refractivity contribution in [2.24, 2.45) is 5.16 Å². The Labute approximate surface area is 219 Å². The highest BCUT2D eigenvalue weighted by atomic mass is 16.7. The monoisotopic (exact) mass is 508 g/mol. The molecule has 0 fully saturated rings. The Hall–Kier alpha value is -5.08. The maximum atomic E-state index is 13.1. The molecule has 1 amide bonds. The summed E-state index contributed by atoms with van der Waals surface area (Å²) in [6, 6.07) is 31.4. The lowest BCUT2D eigenvalue weighted by Gasteiger charge is -2.20. The summed E-state index contributed by atoms with van der Waals surface area (Å²) in [5, 5.41) is 12.6. The first-order valence-electron chi connectivity index (χ1n) is 11.7. The highest BCUT2D eigenvalue weighted by molar-refractivity contribution is 6.63. The average molecular weight is 509 g/mol. The smallest absolute Gasteiger partial charge is 0.445 e. The minimum Gasteiger partial charge on any atom is -0.491 e. The van der Waals surface area contributed by atoms with Crippen LogP contribution in [0.15, 0.2) is 114 Å². The van der Waals surface area contributed by atoms with Gasteiger partial charge in [-0.15, -0.1) is 0 Å². The van der Waals surface area contributed by atoms with Crippen molar-refractivity contribution in [2.45, 2.75) is 0 Å². The first kappa shape index (κ1) is 26.0. The molecule has 1 N–H and O–H groups in total. The van der Waals surface area contributed by atoms with Gasteiger partial charge in [0, 0.05) is 5.56 Å². The van der Waals surface area contributed by atoms with Crippen molar-refractivity contribution in [2.75, 3.05) is 18.1 Å². The van der Waals surface area contributed by atoms with Crippen LogP contribution in [-0.4, -0.2) is 42.2 Å². The van der Waals surface area contributed by atoms with Crippen molar-refractivity contribution < 1.29 is 29.1 Å². The molecule has 0 aliphatic rings. The van der Waals surface area contributed by atoms with Gasteiger partial charge in [-0.3, -0.25) is 14.4 Å². The normalized spacial score (nSPS) is 10.9. The molecule has 0 aromatic heterocycles. The summed E-state index contributed by atoms with van der Waals surface area (Å²) in [7, 11) is 0. The number of nitrogens with zero attached hydrogens (tertiary/aromatic N) is 2. The van der Waals surface area contributed by atoms with Crippen LogP contribution < -0.4 is 9.64 Å². The van der Waals surface area contributed by atoms with E-state index >= 15 is 0 Å². The van der Waals surface area contributed by atoms with E-state index in [0.717, 1.165) is 5.56 Å². The Bertz CT molecular complexity index is 1400. The standard InChI is InChI=1S/C30H24N2O6/c33-17-18-37-27-16-8-10-23(20-27)22-9-7-11-24(19-22)29(35)28(21-34)31-38-30(36)32(25-12-3-1-4-13-25)26-14-5-2-6-15-26/h1-16,19-21,33H,17-18H2/b31-28+. The molecule has 38 heavy (non-hydrogen) atoms. The third-order valence-corrected chi connectivity index (χ3v) is 5.43. The van der Waals surface area contributed by atoms with Gasteiger partial charge in [-0.1, -0.05) is 71.9 Å². The molecule has 0 aliphatic carbocycles. The largest absolute Gasteiger partial charge is 0.491 e. The first-order chi connectivity index (χ1) is 18.6. The number of carbonyl (C=O) groups excluding carboxylic acids is 3. The predicted molar refractivity (Wildman–Crippen MR) is 144 cm³/mol. The maximum Gasteiger partial charge on any atom is 0.445 e. The summed E-state index contributed by atoms with van der Waals surface area (Å²) >= 11 is 0. The Kier molecular flexibility index (Phi) is 8.72. The number of anilines is 2. The lowest BCUT2D eigenvalue weighted by atomic mass is 10.00. The number of oxime groups is 1. The Morgan fingerprint density at radius 1 is 0.789 bits per heavy atom. The van der Waals surface area contributed by atoms with Gasteiger partial charge in [0.05, 0.1) is 18.0 Å². The molecule has 4 rings (SSSR count). The Morgan fingerprint density at radius 3 is 2.00 bits per heavy atom. The van der Waals surface area contributed by atoms with Crippen molar-refractivity contribution in [1.82, 2.24) is 0 Å². The maximum absolute atomic E-state index is 13.1. The number of Topliss-reactive ketones (excluding diaryl/α,β-unsaturated/α-hetero) is 1. The molecular formula is C30H24N2O6. The van der Waals surface area contributed by atoms with E-state index in [1.807, 2.05) is 18.2 Å². The van der Waals surface area contributed by atoms with Crippen LogP contribution >= 0.6 is 0 Å². The number of hydrogen-bond donors (Lipinski definition) is 1. The number of amides is 1. The molecule has 8 heteroatoms. The topological polar surface area (TPSA) is 106 Å². The second-order valence-electron chi connectivity index (χ2n) is 7.97. The van der Waals surface area contributed by atoms with Crippen molar-refractivity contribution in [1.29, 1.82) is 0 Å². The van der Waals surface area contributed by atoms with Crippen LogP contribution in [0.3, 0.4) is 0 Å². The fraction of sp³-hybridized carbons (Fsp3) is 0.0667. The van der Waals surface area contributed by atoms with Gasteiger partial charge in [0.2, 0.25) is 5.78 Å². The van der Waals surface area contributed by atoms with Crippen LogP contribution in [0.4, 0.5) is 16.2 Å². The zero-order valence-electron chi connectivity index (χ0n) is 20.3. The first-order valence-corrected chi connectivity index (χ1v) is 11.7. The quantitative estimate of drug-likeness (QED) is 0.0764. The minimum absolute atomic E-state index is 0.110. The van der Waals surface area contributed by atoms with Crippen LogP contribution in [0.1, 0.15) is 10.4 Å². The number of hydrogen-bond acceptors (Lipinski definition) is 7. The van der Waals surface area contributed by atoms with Crippen LogP contribution in [0.25, 0.3) is 11.1 Å². The van der Waals surface area contributed by atoms with Crippen molar-refractivity contribution in [3.8, 4) is 16.9 Å². The summed E-state index contributed by atoms with van der Waals surface area (Å²) in [6.07, 6.45) is -0.635. The highest BCUT2D eigenvalue weighted by Gasteiger charge is 2.22. The molecule has 0 spiro atoms. The van der Waals surface area contributed by atoms with Gasteiger partial charge in [-0.2, -0.15) is 0 Å². The molecule has 0 saturated carbocycles. The molecule has 8 nitrogen and oxygen atoms in total. The number of rotatable bonds is 10. The molecule has 0 radical (unpaired) electrons. The van der Waals surface area contributed by atoms with Gasteiger partial charge in [0.1, 0.15) is 12.4 Å². The fourth-order valence-corrected chi connectivity index (χ4v) is 3.68. The summed E-state index contributed by atoms with van der Waals surface area (Å²) in [6.45, 7) is 0.0485. The van der Waals surface area contributed by atoms with E-state index in [2.05, 4.69) is 5.16 Å². The third kappa shape index (κ3) is 6.37. The summed E-state index contributed by atoms with van der Waals surface area (Å²) < 4.78 is 5.45. The lowest BCUT2D eigenvalue weighted by Crippen LogP contribution is -2.26. The van der Waals surface area contributed by atoms with Crippen molar-refractivity contribution in [3.63, 3.8) is 0 Å². The number of aliphatic hydroxyl groups excluding tert-OH is 1. The Morgan fingerprint density at radius 2 is 1.39 bits per heavy atom. The van der Waals surface area contributed by atoms with Crippen LogP contribution in [0.2, 0.25) is 0 Å². The number of carbonyl (C=O) groups is 3. The predicted octanol–water partition coefficient (Wildman–Crippen LogP) is 5.44. The molecule has 0 heterocycles. The van der Waals surface area contributed by atoms with Gasteiger partial charge in [-0.05, 0) is 53.6 Å². The van der Waals surface area contributed by atoms with E-state index in [0.29, 0.717) is 22.7 Å². The zero-order valence-corrected chi connectivity index (χ0v) is 20.3. The highest BCUT2D eigenvalue weighted by Crippen LogP contribution is 2.27. The fourth-order valence-electron chi connectivity index (χ4n) is 3.68. The van der Waals surface area contributed by atoms with Gasteiger partial charge in [-0.25, -0.2) is 9.69 Å². The van der Waals surface area contributed by atoms with Crippen LogP contribution in [-0.2, 0) is 9.63 Å². The number of ketones is 1. The van der Waals surface area contributed by atoms with Crippen molar-refractivity contribution in [3.05, 3.63) is 115 Å². The number of benzene rings is 4. The number of para-hydroxylation sites is 2. The second kappa shape index (κ2) is 12.8. The molecule has 4 aromatic rings. The third-order valence-electron chi connectivity index (χ3n) is 5.43. The minimum atomic E-state index is -0.886. The zero-order chi connectivity index (χ0) is 26.7.